The third-order valence-corrected chi connectivity index (χ3v) is 5.41. The highest BCUT2D eigenvalue weighted by molar-refractivity contribution is 6.18. The van der Waals surface area contributed by atoms with E-state index in [1.54, 1.807) is 30.5 Å². The van der Waals surface area contributed by atoms with Gasteiger partial charge < -0.3 is 10.3 Å². The molecule has 0 unspecified atom stereocenters. The first-order valence-corrected chi connectivity index (χ1v) is 10.5. The minimum Gasteiger partial charge on any atom is -0.345 e. The highest BCUT2D eigenvalue weighted by Gasteiger charge is 2.18. The van der Waals surface area contributed by atoms with Crippen LogP contribution in [0.3, 0.4) is 0 Å². The van der Waals surface area contributed by atoms with Gasteiger partial charge in [0.25, 0.3) is 0 Å². The van der Waals surface area contributed by atoms with Crippen LogP contribution in [0.2, 0.25) is 0 Å². The SMILES string of the molecule is O=C(Cc1ccccc1)c1cccc(Nc2ncnc3[nH]cc(C(=O)c4ccccc4)c23)c1. The molecular weight excluding hydrogens is 412 g/mol. The number of nitrogens with one attached hydrogen (secondary N) is 2. The Morgan fingerprint density at radius 3 is 2.33 bits per heavy atom. The highest BCUT2D eigenvalue weighted by Crippen LogP contribution is 2.28. The van der Waals surface area contributed by atoms with Gasteiger partial charge in [-0.2, -0.15) is 0 Å². The second-order valence-corrected chi connectivity index (χ2v) is 7.63. The predicted molar refractivity (Wildman–Crippen MR) is 128 cm³/mol. The number of ketones is 2. The minimum atomic E-state index is -0.119. The normalized spacial score (nSPS) is 10.8. The molecule has 0 saturated carbocycles. The number of rotatable bonds is 7. The van der Waals surface area contributed by atoms with Gasteiger partial charge in [0.05, 0.1) is 10.9 Å². The molecule has 6 heteroatoms. The molecule has 5 rings (SSSR count). The molecule has 2 aromatic heterocycles. The van der Waals surface area contributed by atoms with Crippen LogP contribution in [0, 0.1) is 0 Å². The lowest BCUT2D eigenvalue weighted by atomic mass is 10.0. The Morgan fingerprint density at radius 1 is 0.818 bits per heavy atom. The Bertz CT molecular complexity index is 1440. The number of fused-ring (bicyclic) bond motifs is 1. The summed E-state index contributed by atoms with van der Waals surface area (Å²) in [5.41, 5.74) is 3.90. The number of hydrogen-bond donors (Lipinski definition) is 2. The van der Waals surface area contributed by atoms with Crippen molar-refractivity contribution in [3.8, 4) is 0 Å². The summed E-state index contributed by atoms with van der Waals surface area (Å²) < 4.78 is 0. The summed E-state index contributed by atoms with van der Waals surface area (Å²) in [7, 11) is 0. The van der Waals surface area contributed by atoms with Crippen molar-refractivity contribution in [1.29, 1.82) is 0 Å². The molecule has 0 bridgehead atoms. The Kier molecular flexibility index (Phi) is 5.47. The maximum Gasteiger partial charge on any atom is 0.195 e. The van der Waals surface area contributed by atoms with Crippen LogP contribution in [-0.2, 0) is 6.42 Å². The molecule has 0 amide bonds. The smallest absolute Gasteiger partial charge is 0.195 e. The number of carbonyl (C=O) groups excluding carboxylic acids is 2. The first-order chi connectivity index (χ1) is 16.2. The summed E-state index contributed by atoms with van der Waals surface area (Å²) in [4.78, 5) is 37.6. The van der Waals surface area contributed by atoms with Gasteiger partial charge in [0, 0.05) is 29.4 Å². The maximum absolute atomic E-state index is 13.1. The molecule has 0 saturated heterocycles. The lowest BCUT2D eigenvalue weighted by molar-refractivity contribution is 0.0991. The summed E-state index contributed by atoms with van der Waals surface area (Å²) in [5, 5.41) is 3.87. The van der Waals surface area contributed by atoms with Crippen LogP contribution in [0.5, 0.6) is 0 Å². The van der Waals surface area contributed by atoms with Crippen molar-refractivity contribution in [2.45, 2.75) is 6.42 Å². The first kappa shape index (κ1) is 20.3. The zero-order valence-corrected chi connectivity index (χ0v) is 17.7. The summed E-state index contributed by atoms with van der Waals surface area (Å²) in [6.07, 6.45) is 3.41. The fourth-order valence-electron chi connectivity index (χ4n) is 3.77. The maximum atomic E-state index is 13.1. The first-order valence-electron chi connectivity index (χ1n) is 10.5. The van der Waals surface area contributed by atoms with Gasteiger partial charge in [-0.25, -0.2) is 9.97 Å². The van der Waals surface area contributed by atoms with E-state index in [-0.39, 0.29) is 11.6 Å². The fourth-order valence-corrected chi connectivity index (χ4v) is 3.77. The van der Waals surface area contributed by atoms with Crippen LogP contribution < -0.4 is 5.32 Å². The van der Waals surface area contributed by atoms with E-state index in [1.807, 2.05) is 60.7 Å². The molecular formula is C27H20N4O2. The molecule has 0 aliphatic heterocycles. The fraction of sp³-hybridized carbons (Fsp3) is 0.0370. The minimum absolute atomic E-state index is 0.0271. The van der Waals surface area contributed by atoms with E-state index in [1.165, 1.54) is 6.33 Å². The molecule has 3 aromatic carbocycles. The molecule has 0 atom stereocenters. The van der Waals surface area contributed by atoms with E-state index < -0.39 is 0 Å². The molecule has 5 aromatic rings. The quantitative estimate of drug-likeness (QED) is 0.338. The second kappa shape index (κ2) is 8.88. The van der Waals surface area contributed by atoms with Crippen LogP contribution in [0.1, 0.15) is 31.8 Å². The number of anilines is 2. The van der Waals surface area contributed by atoms with Crippen molar-refractivity contribution in [3.63, 3.8) is 0 Å². The molecule has 0 fully saturated rings. The zero-order valence-electron chi connectivity index (χ0n) is 17.7. The second-order valence-electron chi connectivity index (χ2n) is 7.63. The zero-order chi connectivity index (χ0) is 22.6. The van der Waals surface area contributed by atoms with E-state index in [0.717, 1.165) is 5.56 Å². The average molecular weight is 432 g/mol. The summed E-state index contributed by atoms with van der Waals surface area (Å²) in [6, 6.07) is 26.0. The number of aromatic amines is 1. The molecule has 33 heavy (non-hydrogen) atoms. The predicted octanol–water partition coefficient (Wildman–Crippen LogP) is 5.36. The summed E-state index contributed by atoms with van der Waals surface area (Å²) in [6.45, 7) is 0. The lowest BCUT2D eigenvalue weighted by Crippen LogP contribution is -2.05. The van der Waals surface area contributed by atoms with Gasteiger partial charge in [-0.05, 0) is 17.7 Å². The van der Waals surface area contributed by atoms with Crippen LogP contribution >= 0.6 is 0 Å². The molecule has 0 aliphatic carbocycles. The largest absolute Gasteiger partial charge is 0.345 e. The van der Waals surface area contributed by atoms with Gasteiger partial charge in [-0.15, -0.1) is 0 Å². The van der Waals surface area contributed by atoms with Crippen molar-refractivity contribution in [3.05, 3.63) is 120 Å². The number of H-pyrrole nitrogens is 1. The van der Waals surface area contributed by atoms with Gasteiger partial charge in [-0.3, -0.25) is 9.59 Å². The third kappa shape index (κ3) is 4.27. The van der Waals surface area contributed by atoms with Crippen molar-refractivity contribution < 1.29 is 9.59 Å². The van der Waals surface area contributed by atoms with Crippen LogP contribution in [0.4, 0.5) is 11.5 Å². The highest BCUT2D eigenvalue weighted by atomic mass is 16.1. The average Bonchev–Trinajstić information content (AvgIpc) is 3.30. The van der Waals surface area contributed by atoms with Crippen molar-refractivity contribution in [2.24, 2.45) is 0 Å². The Balaban J connectivity index is 1.45. The molecule has 2 N–H and O–H groups in total. The van der Waals surface area contributed by atoms with E-state index in [0.29, 0.717) is 45.6 Å². The number of carbonyl (C=O) groups is 2. The Hall–Kier alpha value is -4.58. The number of benzene rings is 3. The van der Waals surface area contributed by atoms with E-state index in [4.69, 9.17) is 0 Å². The van der Waals surface area contributed by atoms with E-state index >= 15 is 0 Å². The topological polar surface area (TPSA) is 87.7 Å². The monoisotopic (exact) mass is 432 g/mol. The number of Topliss-reactive ketones (excluding diaryl/α,β-unsaturated/α-hetero) is 1. The van der Waals surface area contributed by atoms with Gasteiger partial charge >= 0.3 is 0 Å². The number of nitrogens with zero attached hydrogens (tertiary/aromatic N) is 2. The van der Waals surface area contributed by atoms with E-state index in [2.05, 4.69) is 20.3 Å². The molecule has 0 spiro atoms. The lowest BCUT2D eigenvalue weighted by Gasteiger charge is -2.09. The van der Waals surface area contributed by atoms with Gasteiger partial charge in [0.1, 0.15) is 17.8 Å². The van der Waals surface area contributed by atoms with Crippen molar-refractivity contribution in [1.82, 2.24) is 15.0 Å². The van der Waals surface area contributed by atoms with Crippen molar-refractivity contribution in [2.75, 3.05) is 5.32 Å². The molecule has 6 nitrogen and oxygen atoms in total. The number of aromatic nitrogens is 3. The van der Waals surface area contributed by atoms with Crippen molar-refractivity contribution >= 4 is 34.1 Å². The molecule has 2 heterocycles. The van der Waals surface area contributed by atoms with Crippen LogP contribution in [0.25, 0.3) is 11.0 Å². The van der Waals surface area contributed by atoms with Crippen LogP contribution in [0.15, 0.2) is 97.5 Å². The molecule has 160 valence electrons. The standard InChI is InChI=1S/C27H20N4O2/c32-23(14-18-8-3-1-4-9-18)20-12-7-13-21(15-20)31-27-24-22(16-28-26(24)29-17-30-27)25(33)19-10-5-2-6-11-19/h1-13,15-17H,14H2,(H2,28,29,30,31). The third-order valence-electron chi connectivity index (χ3n) is 5.41. The van der Waals surface area contributed by atoms with Gasteiger partial charge in [0.2, 0.25) is 0 Å². The molecule has 0 radical (unpaired) electrons. The Labute approximate surface area is 190 Å². The molecule has 0 aliphatic rings. The Morgan fingerprint density at radius 2 is 1.55 bits per heavy atom. The summed E-state index contributed by atoms with van der Waals surface area (Å²) >= 11 is 0. The van der Waals surface area contributed by atoms with Gasteiger partial charge in [-0.1, -0.05) is 72.8 Å². The summed E-state index contributed by atoms with van der Waals surface area (Å²) in [5.74, 6) is 0.402. The van der Waals surface area contributed by atoms with Crippen LogP contribution in [-0.4, -0.2) is 26.5 Å². The van der Waals surface area contributed by atoms with E-state index in [9.17, 15) is 9.59 Å². The number of hydrogen-bond acceptors (Lipinski definition) is 5. The van der Waals surface area contributed by atoms with Gasteiger partial charge in [0.15, 0.2) is 11.6 Å².